The van der Waals surface area contributed by atoms with E-state index in [1.54, 1.807) is 0 Å². The number of rotatable bonds is 4. The molecule has 1 N–H and O–H groups in total. The van der Waals surface area contributed by atoms with Gasteiger partial charge in [-0.1, -0.05) is 0 Å². The summed E-state index contributed by atoms with van der Waals surface area (Å²) in [5.41, 5.74) is 1.20. The van der Waals surface area contributed by atoms with Crippen LogP contribution >= 0.6 is 23.1 Å². The standard InChI is InChI=1S/C14H24N2S2/c1-9-14(18-11(3)15-9)10(2)16-12-5-7-13(17-4)8-6-12/h10,12-13,16H,5-8H2,1-4H3. The fraction of sp³-hybridized carbons (Fsp3) is 0.786. The van der Waals surface area contributed by atoms with Gasteiger partial charge in [-0.25, -0.2) is 4.98 Å². The number of hydrogen-bond donors (Lipinski definition) is 1. The molecule has 1 aromatic rings. The Morgan fingerprint density at radius 1 is 1.28 bits per heavy atom. The van der Waals surface area contributed by atoms with Gasteiger partial charge in [-0.15, -0.1) is 11.3 Å². The number of aromatic nitrogens is 1. The first-order valence-corrected chi connectivity index (χ1v) is 8.93. The second-order valence-corrected chi connectivity index (χ2v) is 7.65. The first-order chi connectivity index (χ1) is 8.60. The molecule has 0 aromatic carbocycles. The first kappa shape index (κ1) is 14.4. The summed E-state index contributed by atoms with van der Waals surface area (Å²) in [7, 11) is 0. The van der Waals surface area contributed by atoms with Crippen molar-refractivity contribution < 1.29 is 0 Å². The Labute approximate surface area is 119 Å². The van der Waals surface area contributed by atoms with Gasteiger partial charge < -0.3 is 5.32 Å². The van der Waals surface area contributed by atoms with Crippen molar-refractivity contribution in [3.8, 4) is 0 Å². The number of thiazole rings is 1. The van der Waals surface area contributed by atoms with Crippen molar-refractivity contribution in [2.24, 2.45) is 0 Å². The first-order valence-electron chi connectivity index (χ1n) is 6.83. The van der Waals surface area contributed by atoms with Gasteiger partial charge in [-0.3, -0.25) is 0 Å². The van der Waals surface area contributed by atoms with E-state index in [0.29, 0.717) is 12.1 Å². The van der Waals surface area contributed by atoms with E-state index in [-0.39, 0.29) is 0 Å². The highest BCUT2D eigenvalue weighted by molar-refractivity contribution is 7.99. The van der Waals surface area contributed by atoms with Crippen LogP contribution in [0, 0.1) is 13.8 Å². The van der Waals surface area contributed by atoms with E-state index < -0.39 is 0 Å². The molecule has 1 saturated carbocycles. The zero-order valence-corrected chi connectivity index (χ0v) is 13.5. The molecule has 1 aromatic heterocycles. The maximum Gasteiger partial charge on any atom is 0.0900 e. The molecule has 2 nitrogen and oxygen atoms in total. The minimum Gasteiger partial charge on any atom is -0.307 e. The van der Waals surface area contributed by atoms with Crippen LogP contribution in [-0.2, 0) is 0 Å². The quantitative estimate of drug-likeness (QED) is 0.901. The molecule has 4 heteroatoms. The molecular formula is C14H24N2S2. The van der Waals surface area contributed by atoms with Gasteiger partial charge in [0.25, 0.3) is 0 Å². The lowest BCUT2D eigenvalue weighted by atomic mass is 9.94. The van der Waals surface area contributed by atoms with Crippen LogP contribution in [-0.4, -0.2) is 22.5 Å². The summed E-state index contributed by atoms with van der Waals surface area (Å²) in [4.78, 5) is 5.94. The summed E-state index contributed by atoms with van der Waals surface area (Å²) in [6.45, 7) is 6.50. The van der Waals surface area contributed by atoms with Crippen molar-refractivity contribution in [3.63, 3.8) is 0 Å². The van der Waals surface area contributed by atoms with Crippen molar-refractivity contribution in [2.45, 2.75) is 63.8 Å². The molecule has 0 spiro atoms. The SMILES string of the molecule is CSC1CCC(NC(C)c2sc(C)nc2C)CC1. The van der Waals surface area contributed by atoms with Crippen LogP contribution in [0.25, 0.3) is 0 Å². The lowest BCUT2D eigenvalue weighted by Crippen LogP contribution is -2.35. The summed E-state index contributed by atoms with van der Waals surface area (Å²) in [5, 5.41) is 5.87. The minimum absolute atomic E-state index is 0.451. The van der Waals surface area contributed by atoms with Gasteiger partial charge in [0.1, 0.15) is 0 Å². The van der Waals surface area contributed by atoms with Crippen LogP contribution < -0.4 is 5.32 Å². The Morgan fingerprint density at radius 2 is 1.94 bits per heavy atom. The maximum absolute atomic E-state index is 4.53. The minimum atomic E-state index is 0.451. The second kappa shape index (κ2) is 6.40. The molecule has 0 amide bonds. The zero-order valence-electron chi connectivity index (χ0n) is 11.8. The Hall–Kier alpha value is -0.0600. The monoisotopic (exact) mass is 284 g/mol. The van der Waals surface area contributed by atoms with Gasteiger partial charge in [0.05, 0.1) is 10.7 Å². The Bertz CT molecular complexity index is 381. The van der Waals surface area contributed by atoms with Crippen molar-refractivity contribution in [1.82, 2.24) is 10.3 Å². The van der Waals surface area contributed by atoms with Crippen LogP contribution in [0.5, 0.6) is 0 Å². The molecule has 18 heavy (non-hydrogen) atoms. The molecule has 2 rings (SSSR count). The van der Waals surface area contributed by atoms with Crippen LogP contribution in [0.1, 0.15) is 54.2 Å². The third-order valence-electron chi connectivity index (χ3n) is 3.83. The smallest absolute Gasteiger partial charge is 0.0900 e. The van der Waals surface area contributed by atoms with E-state index in [9.17, 15) is 0 Å². The highest BCUT2D eigenvalue weighted by Gasteiger charge is 2.23. The van der Waals surface area contributed by atoms with E-state index in [0.717, 1.165) is 5.25 Å². The molecule has 1 aliphatic rings. The van der Waals surface area contributed by atoms with Crippen LogP contribution in [0.3, 0.4) is 0 Å². The molecule has 102 valence electrons. The van der Waals surface area contributed by atoms with Gasteiger partial charge in [0.2, 0.25) is 0 Å². The summed E-state index contributed by atoms with van der Waals surface area (Å²) in [6.07, 6.45) is 7.63. The van der Waals surface area contributed by atoms with Gasteiger partial charge in [0, 0.05) is 22.2 Å². The zero-order chi connectivity index (χ0) is 13.1. The van der Waals surface area contributed by atoms with E-state index in [2.05, 4.69) is 37.3 Å². The molecular weight excluding hydrogens is 260 g/mol. The molecule has 1 fully saturated rings. The Balaban J connectivity index is 1.88. The summed E-state index contributed by atoms with van der Waals surface area (Å²) in [6, 6.07) is 1.15. The van der Waals surface area contributed by atoms with E-state index in [1.165, 1.54) is 41.3 Å². The van der Waals surface area contributed by atoms with Gasteiger partial charge in [-0.05, 0) is 52.7 Å². The fourth-order valence-corrected chi connectivity index (χ4v) is 4.53. The normalized spacial score (nSPS) is 26.2. The summed E-state index contributed by atoms with van der Waals surface area (Å²) >= 11 is 3.87. The number of hydrogen-bond acceptors (Lipinski definition) is 4. The van der Waals surface area contributed by atoms with E-state index in [4.69, 9.17) is 0 Å². The second-order valence-electron chi connectivity index (χ2n) is 5.28. The number of nitrogens with zero attached hydrogens (tertiary/aromatic N) is 1. The molecule has 0 radical (unpaired) electrons. The number of aryl methyl sites for hydroxylation is 2. The highest BCUT2D eigenvalue weighted by atomic mass is 32.2. The van der Waals surface area contributed by atoms with Gasteiger partial charge >= 0.3 is 0 Å². The summed E-state index contributed by atoms with van der Waals surface area (Å²) < 4.78 is 0. The lowest BCUT2D eigenvalue weighted by molar-refractivity contribution is 0.353. The summed E-state index contributed by atoms with van der Waals surface area (Å²) in [5.74, 6) is 0. The molecule has 1 heterocycles. The van der Waals surface area contributed by atoms with Crippen LogP contribution in [0.15, 0.2) is 0 Å². The van der Waals surface area contributed by atoms with Crippen LogP contribution in [0.4, 0.5) is 0 Å². The predicted molar refractivity (Wildman–Crippen MR) is 82.7 cm³/mol. The van der Waals surface area contributed by atoms with Gasteiger partial charge in [0.15, 0.2) is 0 Å². The van der Waals surface area contributed by atoms with Crippen LogP contribution in [0.2, 0.25) is 0 Å². The molecule has 1 atom stereocenters. The number of nitrogens with one attached hydrogen (secondary N) is 1. The molecule has 0 aliphatic heterocycles. The highest BCUT2D eigenvalue weighted by Crippen LogP contribution is 2.30. The predicted octanol–water partition coefficient (Wildman–Crippen LogP) is 4.08. The molecule has 0 saturated heterocycles. The van der Waals surface area contributed by atoms with Crippen molar-refractivity contribution in [3.05, 3.63) is 15.6 Å². The lowest BCUT2D eigenvalue weighted by Gasteiger charge is -2.30. The Morgan fingerprint density at radius 3 is 2.44 bits per heavy atom. The average Bonchev–Trinajstić information content (AvgIpc) is 2.69. The Kier molecular flexibility index (Phi) is 5.10. The topological polar surface area (TPSA) is 24.9 Å². The van der Waals surface area contributed by atoms with E-state index in [1.807, 2.05) is 23.1 Å². The van der Waals surface area contributed by atoms with Crippen molar-refractivity contribution in [1.29, 1.82) is 0 Å². The fourth-order valence-electron chi connectivity index (χ4n) is 2.84. The molecule has 1 aliphatic carbocycles. The van der Waals surface area contributed by atoms with Gasteiger partial charge in [-0.2, -0.15) is 11.8 Å². The number of thioether (sulfide) groups is 1. The largest absolute Gasteiger partial charge is 0.307 e. The third kappa shape index (κ3) is 3.49. The van der Waals surface area contributed by atoms with Crippen molar-refractivity contribution in [2.75, 3.05) is 6.26 Å². The average molecular weight is 284 g/mol. The van der Waals surface area contributed by atoms with Crippen molar-refractivity contribution >= 4 is 23.1 Å². The molecule has 1 unspecified atom stereocenters. The third-order valence-corrected chi connectivity index (χ3v) is 6.22. The maximum atomic E-state index is 4.53. The molecule has 0 bridgehead atoms. The van der Waals surface area contributed by atoms with E-state index >= 15 is 0 Å².